The van der Waals surface area contributed by atoms with Gasteiger partial charge < -0.3 is 10.4 Å². The van der Waals surface area contributed by atoms with Crippen LogP contribution in [0.1, 0.15) is 32.1 Å². The summed E-state index contributed by atoms with van der Waals surface area (Å²) in [6.45, 7) is 0.273. The van der Waals surface area contributed by atoms with Crippen molar-refractivity contribution in [3.8, 4) is 0 Å². The minimum absolute atomic E-state index is 0.0311. The van der Waals surface area contributed by atoms with E-state index in [9.17, 15) is 14.7 Å². The van der Waals surface area contributed by atoms with Gasteiger partial charge in [-0.05, 0) is 12.8 Å². The summed E-state index contributed by atoms with van der Waals surface area (Å²) in [6.07, 6.45) is 4.57. The number of anilines is 1. The highest BCUT2D eigenvalue weighted by Gasteiger charge is 2.29. The molecule has 0 unspecified atom stereocenters. The molecule has 7 heteroatoms. The Bertz CT molecular complexity index is 487. The van der Waals surface area contributed by atoms with Gasteiger partial charge in [0.1, 0.15) is 0 Å². The van der Waals surface area contributed by atoms with E-state index in [1.54, 1.807) is 0 Å². The second kappa shape index (κ2) is 4.70. The molecule has 0 saturated heterocycles. The first-order valence-corrected chi connectivity index (χ1v) is 5.74. The van der Waals surface area contributed by atoms with Gasteiger partial charge in [0.15, 0.2) is 0 Å². The van der Waals surface area contributed by atoms with E-state index in [1.165, 1.54) is 0 Å². The van der Waals surface area contributed by atoms with Crippen LogP contribution >= 0.6 is 0 Å². The monoisotopic (exact) mass is 240 g/mol. The Kier molecular flexibility index (Phi) is 3.28. The van der Waals surface area contributed by atoms with Gasteiger partial charge in [-0.25, -0.2) is 9.89 Å². The van der Waals surface area contributed by atoms with Gasteiger partial charge >= 0.3 is 5.69 Å². The smallest absolute Gasteiger partial charge is 0.342 e. The summed E-state index contributed by atoms with van der Waals surface area (Å²) in [7, 11) is 0. The predicted molar refractivity (Wildman–Crippen MR) is 62.0 cm³/mol. The number of nitrogens with one attached hydrogen (secondary N) is 3. The van der Waals surface area contributed by atoms with E-state index in [4.69, 9.17) is 0 Å². The summed E-state index contributed by atoms with van der Waals surface area (Å²) in [6, 6.07) is 0. The van der Waals surface area contributed by atoms with Crippen LogP contribution in [-0.2, 0) is 0 Å². The number of aromatic amines is 2. The first-order chi connectivity index (χ1) is 8.09. The molecule has 94 valence electrons. The van der Waals surface area contributed by atoms with Gasteiger partial charge in [0, 0.05) is 6.54 Å². The maximum absolute atomic E-state index is 11.3. The second-order valence-corrected chi connectivity index (χ2v) is 4.49. The Morgan fingerprint density at radius 3 is 2.65 bits per heavy atom. The van der Waals surface area contributed by atoms with E-state index in [-0.39, 0.29) is 12.4 Å². The summed E-state index contributed by atoms with van der Waals surface area (Å²) in [5, 5.41) is 18.7. The first-order valence-electron chi connectivity index (χ1n) is 5.74. The zero-order chi connectivity index (χ0) is 12.3. The van der Waals surface area contributed by atoms with Gasteiger partial charge in [-0.15, -0.1) is 5.10 Å². The Morgan fingerprint density at radius 1 is 1.29 bits per heavy atom. The van der Waals surface area contributed by atoms with Crippen LogP contribution in [0.2, 0.25) is 0 Å². The first kappa shape index (κ1) is 11.8. The molecule has 1 aromatic rings. The van der Waals surface area contributed by atoms with Crippen molar-refractivity contribution < 1.29 is 5.11 Å². The maximum atomic E-state index is 11.3. The lowest BCUT2D eigenvalue weighted by Crippen LogP contribution is -2.40. The lowest BCUT2D eigenvalue weighted by molar-refractivity contribution is 0.0166. The number of hydrogen-bond donors (Lipinski definition) is 4. The SMILES string of the molecule is O=c1[nH]nc(NCC2(O)CCCCC2)c(=O)[nH]1. The molecular weight excluding hydrogens is 224 g/mol. The third-order valence-corrected chi connectivity index (χ3v) is 3.08. The van der Waals surface area contributed by atoms with Crippen molar-refractivity contribution in [1.82, 2.24) is 15.2 Å². The number of hydrogen-bond acceptors (Lipinski definition) is 5. The summed E-state index contributed by atoms with van der Waals surface area (Å²) in [5.41, 5.74) is -1.99. The Hall–Kier alpha value is -1.63. The summed E-state index contributed by atoms with van der Waals surface area (Å²) in [4.78, 5) is 24.2. The van der Waals surface area contributed by atoms with Gasteiger partial charge in [-0.3, -0.25) is 9.78 Å². The fourth-order valence-corrected chi connectivity index (χ4v) is 2.10. The molecule has 17 heavy (non-hydrogen) atoms. The van der Waals surface area contributed by atoms with E-state index < -0.39 is 16.9 Å². The molecular formula is C10H16N4O3. The molecule has 2 rings (SSSR count). The van der Waals surface area contributed by atoms with E-state index in [2.05, 4.69) is 20.5 Å². The summed E-state index contributed by atoms with van der Waals surface area (Å²) < 4.78 is 0. The van der Waals surface area contributed by atoms with Crippen LogP contribution in [0.15, 0.2) is 9.59 Å². The average molecular weight is 240 g/mol. The molecule has 0 bridgehead atoms. The van der Waals surface area contributed by atoms with E-state index >= 15 is 0 Å². The molecule has 1 saturated carbocycles. The molecule has 0 amide bonds. The van der Waals surface area contributed by atoms with Crippen LogP contribution < -0.4 is 16.6 Å². The maximum Gasteiger partial charge on any atom is 0.342 e. The average Bonchev–Trinajstić information content (AvgIpc) is 2.29. The van der Waals surface area contributed by atoms with Crippen molar-refractivity contribution in [2.24, 2.45) is 0 Å². The number of rotatable bonds is 3. The topological polar surface area (TPSA) is 111 Å². The molecule has 0 atom stereocenters. The van der Waals surface area contributed by atoms with Crippen molar-refractivity contribution in [3.63, 3.8) is 0 Å². The molecule has 0 radical (unpaired) electrons. The lowest BCUT2D eigenvalue weighted by Gasteiger charge is -2.32. The van der Waals surface area contributed by atoms with Gasteiger partial charge in [0.05, 0.1) is 5.60 Å². The Morgan fingerprint density at radius 2 is 2.00 bits per heavy atom. The van der Waals surface area contributed by atoms with Gasteiger partial charge in [0.2, 0.25) is 5.82 Å². The molecule has 1 aromatic heterocycles. The fourth-order valence-electron chi connectivity index (χ4n) is 2.10. The van der Waals surface area contributed by atoms with Gasteiger partial charge in [-0.1, -0.05) is 19.3 Å². The van der Waals surface area contributed by atoms with Crippen LogP contribution in [0.4, 0.5) is 5.82 Å². The zero-order valence-electron chi connectivity index (χ0n) is 9.45. The summed E-state index contributed by atoms with van der Waals surface area (Å²) >= 11 is 0. The molecule has 0 spiro atoms. The molecule has 0 aromatic carbocycles. The van der Waals surface area contributed by atoms with Crippen molar-refractivity contribution >= 4 is 5.82 Å². The number of aromatic nitrogens is 3. The molecule has 4 N–H and O–H groups in total. The molecule has 1 heterocycles. The van der Waals surface area contributed by atoms with Crippen molar-refractivity contribution in [2.75, 3.05) is 11.9 Å². The second-order valence-electron chi connectivity index (χ2n) is 4.49. The minimum atomic E-state index is -0.775. The van der Waals surface area contributed by atoms with Crippen LogP contribution in [0.3, 0.4) is 0 Å². The molecule has 1 fully saturated rings. The van der Waals surface area contributed by atoms with Crippen molar-refractivity contribution in [1.29, 1.82) is 0 Å². The van der Waals surface area contributed by atoms with Crippen LogP contribution in [0, 0.1) is 0 Å². The fraction of sp³-hybridized carbons (Fsp3) is 0.700. The van der Waals surface area contributed by atoms with Crippen LogP contribution in [-0.4, -0.2) is 32.4 Å². The zero-order valence-corrected chi connectivity index (χ0v) is 9.45. The predicted octanol–water partition coefficient (Wildman–Crippen LogP) is -0.435. The number of H-pyrrole nitrogens is 2. The van der Waals surface area contributed by atoms with Crippen LogP contribution in [0.25, 0.3) is 0 Å². The Balaban J connectivity index is 2.02. The third-order valence-electron chi connectivity index (χ3n) is 3.08. The quantitative estimate of drug-likeness (QED) is 0.572. The number of nitrogens with zero attached hydrogens (tertiary/aromatic N) is 1. The highest BCUT2D eigenvalue weighted by atomic mass is 16.3. The normalized spacial score (nSPS) is 18.9. The van der Waals surface area contributed by atoms with Gasteiger partial charge in [0.25, 0.3) is 5.56 Å². The highest BCUT2D eigenvalue weighted by molar-refractivity contribution is 5.29. The molecule has 7 nitrogen and oxygen atoms in total. The van der Waals surface area contributed by atoms with Crippen molar-refractivity contribution in [3.05, 3.63) is 20.8 Å². The van der Waals surface area contributed by atoms with Crippen molar-refractivity contribution in [2.45, 2.75) is 37.7 Å². The van der Waals surface area contributed by atoms with E-state index in [0.29, 0.717) is 0 Å². The molecule has 1 aliphatic rings. The number of aliphatic hydroxyl groups is 1. The standard InChI is InChI=1S/C10H16N4O3/c15-8-7(13-14-9(16)12-8)11-6-10(17)4-2-1-3-5-10/h17H,1-6H2,(H,11,13)(H2,12,14,15,16). The molecule has 0 aliphatic heterocycles. The van der Waals surface area contributed by atoms with Crippen LogP contribution in [0.5, 0.6) is 0 Å². The van der Waals surface area contributed by atoms with Gasteiger partial charge in [-0.2, -0.15) is 0 Å². The third kappa shape index (κ3) is 2.94. The van der Waals surface area contributed by atoms with E-state index in [0.717, 1.165) is 32.1 Å². The lowest BCUT2D eigenvalue weighted by atomic mass is 9.85. The molecule has 1 aliphatic carbocycles. The van der Waals surface area contributed by atoms with E-state index in [1.807, 2.05) is 0 Å². The minimum Gasteiger partial charge on any atom is -0.388 e. The largest absolute Gasteiger partial charge is 0.388 e. The Labute approximate surface area is 97.3 Å². The summed E-state index contributed by atoms with van der Waals surface area (Å²) in [5.74, 6) is 0.0311. The highest BCUT2D eigenvalue weighted by Crippen LogP contribution is 2.27.